The van der Waals surface area contributed by atoms with Crippen molar-refractivity contribution in [2.45, 2.75) is 57.1 Å². The minimum atomic E-state index is -3.22. The lowest BCUT2D eigenvalue weighted by molar-refractivity contribution is 0.0756. The molecule has 1 aromatic rings. The van der Waals surface area contributed by atoms with Crippen molar-refractivity contribution in [3.05, 3.63) is 35.4 Å². The molecule has 2 N–H and O–H groups in total. The number of aryl methyl sites for hydroxylation is 1. The van der Waals surface area contributed by atoms with Gasteiger partial charge in [-0.1, -0.05) is 45.0 Å². The Morgan fingerprint density at radius 2 is 1.76 bits per heavy atom. The number of nitrogens with zero attached hydrogens (tertiary/aromatic N) is 1. The van der Waals surface area contributed by atoms with Gasteiger partial charge in [-0.05, 0) is 37.3 Å². The second-order valence-electron chi connectivity index (χ2n) is 8.55. The zero-order valence-corrected chi connectivity index (χ0v) is 19.4. The third-order valence-corrected chi connectivity index (χ3v) is 8.01. The first kappa shape index (κ1) is 23.7. The number of rotatable bonds is 8. The summed E-state index contributed by atoms with van der Waals surface area (Å²) in [5.41, 5.74) is 2.44. The van der Waals surface area contributed by atoms with E-state index in [2.05, 4.69) is 55.7 Å². The molecule has 0 aromatic heterocycles. The SMILES string of the molecule is CCNC(=NCC(C)(C)c1ccc(CC)cc1)NCC1(S(C)(=O)=O)CCOCC1. The molecule has 2 rings (SSSR count). The summed E-state index contributed by atoms with van der Waals surface area (Å²) in [6.07, 6.45) is 3.37. The summed E-state index contributed by atoms with van der Waals surface area (Å²) in [6.45, 7) is 11.1. The third-order valence-electron chi connectivity index (χ3n) is 5.89. The van der Waals surface area contributed by atoms with E-state index in [0.717, 1.165) is 6.42 Å². The van der Waals surface area contributed by atoms with Gasteiger partial charge in [0, 0.05) is 38.0 Å². The molecular formula is C22H37N3O3S. The molecule has 0 amide bonds. The standard InChI is InChI=1S/C22H37N3O3S/c1-6-18-8-10-19(11-9-18)21(3,4)16-24-20(23-7-2)25-17-22(29(5,26)27)12-14-28-15-13-22/h8-11H,6-7,12-17H2,1-5H3,(H2,23,24,25). The summed E-state index contributed by atoms with van der Waals surface area (Å²) in [5.74, 6) is 0.653. The van der Waals surface area contributed by atoms with Crippen LogP contribution in [-0.2, 0) is 26.4 Å². The number of benzene rings is 1. The van der Waals surface area contributed by atoms with Crippen LogP contribution >= 0.6 is 0 Å². The van der Waals surface area contributed by atoms with Gasteiger partial charge in [0.1, 0.15) is 0 Å². The highest BCUT2D eigenvalue weighted by Gasteiger charge is 2.42. The Kier molecular flexibility index (Phi) is 8.11. The Morgan fingerprint density at radius 1 is 1.14 bits per heavy atom. The first-order valence-corrected chi connectivity index (χ1v) is 12.4. The lowest BCUT2D eigenvalue weighted by atomic mass is 9.84. The topological polar surface area (TPSA) is 79.8 Å². The van der Waals surface area contributed by atoms with Crippen LogP contribution in [0.3, 0.4) is 0 Å². The Bertz CT molecular complexity index is 780. The molecule has 164 valence electrons. The average Bonchev–Trinajstić information content (AvgIpc) is 2.70. The molecule has 7 heteroatoms. The van der Waals surface area contributed by atoms with E-state index in [1.54, 1.807) is 0 Å². The van der Waals surface area contributed by atoms with Crippen LogP contribution in [0.15, 0.2) is 29.3 Å². The molecule has 29 heavy (non-hydrogen) atoms. The summed E-state index contributed by atoms with van der Waals surface area (Å²) in [7, 11) is -3.22. The molecule has 1 fully saturated rings. The van der Waals surface area contributed by atoms with Crippen LogP contribution in [0.2, 0.25) is 0 Å². The number of nitrogens with one attached hydrogen (secondary N) is 2. The van der Waals surface area contributed by atoms with Crippen LogP contribution in [-0.4, -0.2) is 58.2 Å². The largest absolute Gasteiger partial charge is 0.381 e. The summed E-state index contributed by atoms with van der Waals surface area (Å²) in [6, 6.07) is 8.70. The summed E-state index contributed by atoms with van der Waals surface area (Å²) in [5, 5.41) is 6.53. The van der Waals surface area contributed by atoms with Crippen LogP contribution in [0.25, 0.3) is 0 Å². The minimum absolute atomic E-state index is 0.123. The predicted molar refractivity (Wildman–Crippen MR) is 120 cm³/mol. The second-order valence-corrected chi connectivity index (χ2v) is 11.0. The molecule has 0 atom stereocenters. The quantitative estimate of drug-likeness (QED) is 0.496. The van der Waals surface area contributed by atoms with Gasteiger partial charge in [-0.3, -0.25) is 4.99 Å². The van der Waals surface area contributed by atoms with E-state index in [0.29, 0.717) is 51.6 Å². The number of ether oxygens (including phenoxy) is 1. The number of aliphatic imine (C=N–C) groups is 1. The molecule has 6 nitrogen and oxygen atoms in total. The molecule has 1 aliphatic heterocycles. The zero-order chi connectivity index (χ0) is 21.5. The molecule has 1 aromatic carbocycles. The maximum atomic E-state index is 12.5. The van der Waals surface area contributed by atoms with E-state index in [-0.39, 0.29) is 5.41 Å². The molecule has 0 aliphatic carbocycles. The van der Waals surface area contributed by atoms with Gasteiger partial charge in [0.2, 0.25) is 0 Å². The van der Waals surface area contributed by atoms with Crippen LogP contribution < -0.4 is 10.6 Å². The van der Waals surface area contributed by atoms with Crippen molar-refractivity contribution in [3.63, 3.8) is 0 Å². The van der Waals surface area contributed by atoms with Gasteiger partial charge in [-0.15, -0.1) is 0 Å². The molecule has 0 bridgehead atoms. The van der Waals surface area contributed by atoms with Gasteiger partial charge in [0.15, 0.2) is 15.8 Å². The first-order chi connectivity index (χ1) is 13.6. The number of guanidine groups is 1. The van der Waals surface area contributed by atoms with Crippen LogP contribution in [0.5, 0.6) is 0 Å². The van der Waals surface area contributed by atoms with Crippen molar-refractivity contribution in [3.8, 4) is 0 Å². The van der Waals surface area contributed by atoms with Gasteiger partial charge in [0.05, 0.1) is 11.3 Å². The molecule has 0 unspecified atom stereocenters. The average molecular weight is 424 g/mol. The van der Waals surface area contributed by atoms with E-state index in [1.165, 1.54) is 17.4 Å². The van der Waals surface area contributed by atoms with Crippen molar-refractivity contribution in [1.82, 2.24) is 10.6 Å². The van der Waals surface area contributed by atoms with E-state index in [4.69, 9.17) is 9.73 Å². The fourth-order valence-corrected chi connectivity index (χ4v) is 4.81. The second kappa shape index (κ2) is 9.94. The van der Waals surface area contributed by atoms with Crippen molar-refractivity contribution >= 4 is 15.8 Å². The number of sulfone groups is 1. The molecule has 1 aliphatic rings. The van der Waals surface area contributed by atoms with Crippen molar-refractivity contribution in [2.24, 2.45) is 4.99 Å². The lowest BCUT2D eigenvalue weighted by Crippen LogP contribution is -2.53. The van der Waals surface area contributed by atoms with Gasteiger partial charge in [-0.2, -0.15) is 0 Å². The summed E-state index contributed by atoms with van der Waals surface area (Å²) in [4.78, 5) is 4.77. The van der Waals surface area contributed by atoms with Gasteiger partial charge < -0.3 is 15.4 Å². The van der Waals surface area contributed by atoms with E-state index >= 15 is 0 Å². The van der Waals surface area contributed by atoms with Gasteiger partial charge in [0.25, 0.3) is 0 Å². The Balaban J connectivity index is 2.11. The predicted octanol–water partition coefficient (Wildman–Crippen LogP) is 2.68. The third kappa shape index (κ3) is 6.19. The number of hydrogen-bond donors (Lipinski definition) is 2. The first-order valence-electron chi connectivity index (χ1n) is 10.5. The van der Waals surface area contributed by atoms with E-state index in [9.17, 15) is 8.42 Å². The highest BCUT2D eigenvalue weighted by atomic mass is 32.2. The molecule has 1 saturated heterocycles. The van der Waals surface area contributed by atoms with Crippen LogP contribution in [0, 0.1) is 0 Å². The van der Waals surface area contributed by atoms with Crippen molar-refractivity contribution in [1.29, 1.82) is 0 Å². The van der Waals surface area contributed by atoms with Crippen LogP contribution in [0.4, 0.5) is 0 Å². The maximum Gasteiger partial charge on any atom is 0.191 e. The lowest BCUT2D eigenvalue weighted by Gasteiger charge is -2.36. The minimum Gasteiger partial charge on any atom is -0.381 e. The monoisotopic (exact) mass is 423 g/mol. The normalized spacial score (nSPS) is 17.8. The molecule has 0 spiro atoms. The molecule has 1 heterocycles. The molecule has 0 radical (unpaired) electrons. The van der Waals surface area contributed by atoms with Gasteiger partial charge >= 0.3 is 0 Å². The van der Waals surface area contributed by atoms with E-state index in [1.807, 2.05) is 6.92 Å². The zero-order valence-electron chi connectivity index (χ0n) is 18.5. The molecule has 0 saturated carbocycles. The number of hydrogen-bond acceptors (Lipinski definition) is 4. The fraction of sp³-hybridized carbons (Fsp3) is 0.682. The van der Waals surface area contributed by atoms with E-state index < -0.39 is 14.6 Å². The fourth-order valence-electron chi connectivity index (χ4n) is 3.57. The maximum absolute atomic E-state index is 12.5. The van der Waals surface area contributed by atoms with Gasteiger partial charge in [-0.25, -0.2) is 8.42 Å². The highest BCUT2D eigenvalue weighted by Crippen LogP contribution is 2.28. The Labute approximate surface area is 176 Å². The molecular weight excluding hydrogens is 386 g/mol. The Morgan fingerprint density at radius 3 is 2.28 bits per heavy atom. The Hall–Kier alpha value is -1.60. The highest BCUT2D eigenvalue weighted by molar-refractivity contribution is 7.92. The van der Waals surface area contributed by atoms with Crippen molar-refractivity contribution < 1.29 is 13.2 Å². The van der Waals surface area contributed by atoms with Crippen molar-refractivity contribution in [2.75, 3.05) is 39.1 Å². The van der Waals surface area contributed by atoms with Crippen LogP contribution in [0.1, 0.15) is 51.7 Å². The summed E-state index contributed by atoms with van der Waals surface area (Å²) >= 11 is 0. The smallest absolute Gasteiger partial charge is 0.191 e. The summed E-state index contributed by atoms with van der Waals surface area (Å²) < 4.78 is 29.5.